The monoisotopic (exact) mass is 258 g/mol. The second-order valence-electron chi connectivity index (χ2n) is 4.49. The van der Waals surface area contributed by atoms with Crippen LogP contribution in [0.5, 0.6) is 0 Å². The van der Waals surface area contributed by atoms with E-state index in [1.165, 1.54) is 11.8 Å². The van der Waals surface area contributed by atoms with Gasteiger partial charge < -0.3 is 14.8 Å². The Kier molecular flexibility index (Phi) is 3.15. The van der Waals surface area contributed by atoms with Crippen molar-refractivity contribution in [2.24, 2.45) is 0 Å². The van der Waals surface area contributed by atoms with E-state index < -0.39 is 0 Å². The van der Waals surface area contributed by atoms with Crippen LogP contribution in [0.1, 0.15) is 17.5 Å². The quantitative estimate of drug-likeness (QED) is 0.849. The molecule has 0 atom stereocenters. The Bertz CT molecular complexity index is 703. The van der Waals surface area contributed by atoms with Crippen molar-refractivity contribution < 1.29 is 9.84 Å². The van der Waals surface area contributed by atoms with E-state index in [0.29, 0.717) is 29.8 Å². The molecule has 5 heteroatoms. The Hall–Kier alpha value is -1.98. The van der Waals surface area contributed by atoms with Crippen LogP contribution in [0.4, 0.5) is 0 Å². The van der Waals surface area contributed by atoms with Gasteiger partial charge >= 0.3 is 0 Å². The summed E-state index contributed by atoms with van der Waals surface area (Å²) in [5, 5.41) is 9.46. The standard InChI is InChI=1S/C14H14N2O3/c17-8-11-5-10(9-1-3-19-4-2-9)6-12-14(11)16-13(18)7-15-12/h1,5-7,17H,2-4,8H2,(H,16,18). The molecule has 0 bridgehead atoms. The van der Waals surface area contributed by atoms with Gasteiger partial charge in [-0.3, -0.25) is 4.79 Å². The number of hydrogen-bond donors (Lipinski definition) is 2. The minimum absolute atomic E-state index is 0.129. The molecule has 0 amide bonds. The summed E-state index contributed by atoms with van der Waals surface area (Å²) in [7, 11) is 0. The maximum atomic E-state index is 11.3. The molecule has 0 spiro atoms. The first-order valence-corrected chi connectivity index (χ1v) is 6.18. The van der Waals surface area contributed by atoms with E-state index in [2.05, 4.69) is 9.97 Å². The van der Waals surface area contributed by atoms with E-state index in [1.54, 1.807) is 0 Å². The van der Waals surface area contributed by atoms with E-state index in [9.17, 15) is 9.90 Å². The molecule has 1 aliphatic heterocycles. The highest BCUT2D eigenvalue weighted by Crippen LogP contribution is 2.26. The number of benzene rings is 1. The molecule has 0 saturated carbocycles. The second kappa shape index (κ2) is 4.95. The number of nitrogens with one attached hydrogen (secondary N) is 1. The molecule has 1 aromatic carbocycles. The third-order valence-electron chi connectivity index (χ3n) is 3.27. The van der Waals surface area contributed by atoms with Gasteiger partial charge in [-0.05, 0) is 29.7 Å². The summed E-state index contributed by atoms with van der Waals surface area (Å²) in [4.78, 5) is 18.2. The molecule has 5 nitrogen and oxygen atoms in total. The van der Waals surface area contributed by atoms with E-state index in [1.807, 2.05) is 18.2 Å². The number of aromatic nitrogens is 2. The Morgan fingerprint density at radius 1 is 1.42 bits per heavy atom. The van der Waals surface area contributed by atoms with Gasteiger partial charge in [-0.15, -0.1) is 0 Å². The van der Waals surface area contributed by atoms with Crippen LogP contribution in [0.3, 0.4) is 0 Å². The Morgan fingerprint density at radius 2 is 2.32 bits per heavy atom. The van der Waals surface area contributed by atoms with Crippen molar-refractivity contribution in [1.29, 1.82) is 0 Å². The van der Waals surface area contributed by atoms with Crippen molar-refractivity contribution in [2.45, 2.75) is 13.0 Å². The van der Waals surface area contributed by atoms with Gasteiger partial charge in [0.05, 0.1) is 37.1 Å². The number of ether oxygens (including phenoxy) is 1. The Morgan fingerprint density at radius 3 is 3.05 bits per heavy atom. The van der Waals surface area contributed by atoms with Gasteiger partial charge in [0.15, 0.2) is 0 Å². The van der Waals surface area contributed by atoms with Crippen molar-refractivity contribution in [3.63, 3.8) is 0 Å². The lowest BCUT2D eigenvalue weighted by molar-refractivity contribution is 0.161. The topological polar surface area (TPSA) is 75.2 Å². The number of aliphatic hydroxyl groups is 1. The second-order valence-corrected chi connectivity index (χ2v) is 4.49. The number of aromatic amines is 1. The van der Waals surface area contributed by atoms with Crippen molar-refractivity contribution in [1.82, 2.24) is 9.97 Å². The number of hydrogen-bond acceptors (Lipinski definition) is 4. The molecule has 3 rings (SSSR count). The van der Waals surface area contributed by atoms with E-state index in [-0.39, 0.29) is 12.2 Å². The lowest BCUT2D eigenvalue weighted by Crippen LogP contribution is -2.08. The molecule has 98 valence electrons. The summed E-state index contributed by atoms with van der Waals surface area (Å²) in [6, 6.07) is 3.83. The lowest BCUT2D eigenvalue weighted by Gasteiger charge is -2.15. The van der Waals surface area contributed by atoms with E-state index in [4.69, 9.17) is 4.74 Å². The summed E-state index contributed by atoms with van der Waals surface area (Å²) in [6.45, 7) is 1.19. The Labute approximate surface area is 109 Å². The number of nitrogens with zero attached hydrogens (tertiary/aromatic N) is 1. The third kappa shape index (κ3) is 2.30. The van der Waals surface area contributed by atoms with Crippen LogP contribution in [0.25, 0.3) is 16.6 Å². The molecule has 1 aromatic heterocycles. The fourth-order valence-electron chi connectivity index (χ4n) is 2.31. The summed E-state index contributed by atoms with van der Waals surface area (Å²) in [6.07, 6.45) is 4.14. The highest BCUT2D eigenvalue weighted by molar-refractivity contribution is 5.83. The van der Waals surface area contributed by atoms with Gasteiger partial charge in [0.25, 0.3) is 5.56 Å². The van der Waals surface area contributed by atoms with Gasteiger partial charge in [0.2, 0.25) is 0 Å². The largest absolute Gasteiger partial charge is 0.392 e. The van der Waals surface area contributed by atoms with Crippen LogP contribution in [-0.2, 0) is 11.3 Å². The molecule has 19 heavy (non-hydrogen) atoms. The molecule has 2 aromatic rings. The molecule has 0 fully saturated rings. The zero-order chi connectivity index (χ0) is 13.2. The molecule has 0 aliphatic carbocycles. The first kappa shape index (κ1) is 12.1. The van der Waals surface area contributed by atoms with Crippen molar-refractivity contribution in [2.75, 3.05) is 13.2 Å². The van der Waals surface area contributed by atoms with Crippen molar-refractivity contribution in [3.8, 4) is 0 Å². The van der Waals surface area contributed by atoms with Crippen LogP contribution in [0.2, 0.25) is 0 Å². The normalized spacial score (nSPS) is 15.5. The smallest absolute Gasteiger partial charge is 0.266 e. The molecular weight excluding hydrogens is 244 g/mol. The van der Waals surface area contributed by atoms with Gasteiger partial charge in [0.1, 0.15) is 0 Å². The first-order valence-electron chi connectivity index (χ1n) is 6.18. The van der Waals surface area contributed by atoms with Gasteiger partial charge in [-0.1, -0.05) is 6.08 Å². The summed E-state index contributed by atoms with van der Waals surface area (Å²) in [5.41, 5.74) is 3.93. The van der Waals surface area contributed by atoms with Crippen molar-refractivity contribution in [3.05, 3.63) is 45.9 Å². The van der Waals surface area contributed by atoms with Crippen LogP contribution in [0.15, 0.2) is 29.2 Å². The highest BCUT2D eigenvalue weighted by Gasteiger charge is 2.11. The predicted molar refractivity (Wildman–Crippen MR) is 71.7 cm³/mol. The molecule has 1 aliphatic rings. The van der Waals surface area contributed by atoms with E-state index >= 15 is 0 Å². The fraction of sp³-hybridized carbons (Fsp3) is 0.286. The number of fused-ring (bicyclic) bond motifs is 1. The summed E-state index contributed by atoms with van der Waals surface area (Å²) < 4.78 is 5.29. The summed E-state index contributed by atoms with van der Waals surface area (Å²) in [5.74, 6) is 0. The van der Waals surface area contributed by atoms with Crippen LogP contribution < -0.4 is 5.56 Å². The zero-order valence-electron chi connectivity index (χ0n) is 10.3. The zero-order valence-corrected chi connectivity index (χ0v) is 10.3. The van der Waals surface area contributed by atoms with Gasteiger partial charge in [0, 0.05) is 5.56 Å². The first-order chi connectivity index (χ1) is 9.28. The maximum absolute atomic E-state index is 11.3. The number of H-pyrrole nitrogens is 1. The van der Waals surface area contributed by atoms with Gasteiger partial charge in [-0.2, -0.15) is 0 Å². The SMILES string of the molecule is O=c1cnc2cc(C3=CCOCC3)cc(CO)c2[nH]1. The lowest BCUT2D eigenvalue weighted by atomic mass is 9.98. The maximum Gasteiger partial charge on any atom is 0.266 e. The molecular formula is C14H14N2O3. The van der Waals surface area contributed by atoms with Crippen molar-refractivity contribution >= 4 is 16.6 Å². The van der Waals surface area contributed by atoms with Crippen LogP contribution in [-0.4, -0.2) is 28.3 Å². The Balaban J connectivity index is 2.19. The molecule has 0 radical (unpaired) electrons. The number of aliphatic hydroxyl groups excluding tert-OH is 1. The average molecular weight is 258 g/mol. The predicted octanol–water partition coefficient (Wildman–Crippen LogP) is 1.22. The molecule has 2 N–H and O–H groups in total. The molecule has 0 saturated heterocycles. The fourth-order valence-corrected chi connectivity index (χ4v) is 2.31. The van der Waals surface area contributed by atoms with Gasteiger partial charge in [-0.25, -0.2) is 4.98 Å². The average Bonchev–Trinajstić information content (AvgIpc) is 2.47. The molecule has 2 heterocycles. The minimum atomic E-state index is -0.264. The minimum Gasteiger partial charge on any atom is -0.392 e. The highest BCUT2D eigenvalue weighted by atomic mass is 16.5. The van der Waals surface area contributed by atoms with Crippen LogP contribution >= 0.6 is 0 Å². The number of rotatable bonds is 2. The summed E-state index contributed by atoms with van der Waals surface area (Å²) >= 11 is 0. The third-order valence-corrected chi connectivity index (χ3v) is 3.27. The molecule has 0 unspecified atom stereocenters. The van der Waals surface area contributed by atoms with E-state index in [0.717, 1.165) is 12.0 Å². The van der Waals surface area contributed by atoms with Crippen LogP contribution in [0, 0.1) is 0 Å².